The van der Waals surface area contributed by atoms with E-state index in [2.05, 4.69) is 22.2 Å². The van der Waals surface area contributed by atoms with Gasteiger partial charge in [-0.05, 0) is 0 Å². The lowest BCUT2D eigenvalue weighted by molar-refractivity contribution is -0.112. The van der Waals surface area contributed by atoms with Gasteiger partial charge in [0.1, 0.15) is 0 Å². The summed E-state index contributed by atoms with van der Waals surface area (Å²) >= 11 is 0. The van der Waals surface area contributed by atoms with Crippen molar-refractivity contribution in [1.82, 2.24) is 9.97 Å². The number of anilines is 1. The van der Waals surface area contributed by atoms with Gasteiger partial charge in [0, 0.05) is 19.3 Å². The third kappa shape index (κ3) is 1.81. The summed E-state index contributed by atoms with van der Waals surface area (Å²) in [5.41, 5.74) is 0. The highest BCUT2D eigenvalue weighted by molar-refractivity contribution is 5.92. The molecule has 0 aliphatic rings. The highest BCUT2D eigenvalue weighted by Gasteiger charge is 1.92. The molecule has 0 bridgehead atoms. The van der Waals surface area contributed by atoms with Gasteiger partial charge in [-0.3, -0.25) is 9.78 Å². The fraction of sp³-hybridized carbons (Fsp3) is 0. The Bertz CT molecular complexity index is 222. The van der Waals surface area contributed by atoms with Crippen molar-refractivity contribution in [1.29, 1.82) is 0 Å². The van der Waals surface area contributed by atoms with E-state index in [9.17, 15) is 4.79 Å². The van der Waals surface area contributed by atoms with Gasteiger partial charge < -0.3 is 5.32 Å². The molecule has 0 atom stereocenters. The molecule has 1 N–H and O–H groups in total. The molecule has 4 heteroatoms. The molecule has 0 saturated heterocycles. The fourth-order valence-electron chi connectivity index (χ4n) is 0.506. The van der Waals surface area contributed by atoms with E-state index in [1.54, 1.807) is 0 Å². The van der Waals surface area contributed by atoms with E-state index in [0.29, 0.717) is 5.82 Å². The van der Waals surface area contributed by atoms with E-state index in [4.69, 9.17) is 0 Å². The van der Waals surface area contributed by atoms with Gasteiger partial charge in [-0.25, -0.2) is 4.98 Å². The molecule has 1 aromatic rings. The molecule has 0 aliphatic heterocycles. The largest absolute Gasteiger partial charge is 0.309 e. The van der Waals surface area contributed by atoms with Crippen LogP contribution in [0, 0.1) is 6.92 Å². The Kier molecular flexibility index (Phi) is 1.94. The summed E-state index contributed by atoms with van der Waals surface area (Å²) in [6, 6.07) is 0. The van der Waals surface area contributed by atoms with Gasteiger partial charge in [0.15, 0.2) is 5.82 Å². The topological polar surface area (TPSA) is 54.9 Å². The molecule has 51 valence electrons. The number of aromatic nitrogens is 2. The van der Waals surface area contributed by atoms with Gasteiger partial charge in [0.05, 0.1) is 6.20 Å². The average molecular weight is 136 g/mol. The number of nitrogens with zero attached hydrogens (tertiary/aromatic N) is 2. The van der Waals surface area contributed by atoms with Crippen molar-refractivity contribution in [2.45, 2.75) is 0 Å². The normalized spacial score (nSPS) is 8.90. The van der Waals surface area contributed by atoms with Crippen LogP contribution >= 0.6 is 0 Å². The summed E-state index contributed by atoms with van der Waals surface area (Å²) in [5.74, 6) is 0.0306. The summed E-state index contributed by atoms with van der Waals surface area (Å²) in [5, 5.41) is 2.38. The van der Waals surface area contributed by atoms with Gasteiger partial charge in [-0.1, -0.05) is 0 Å². The van der Waals surface area contributed by atoms with Crippen LogP contribution in [0.15, 0.2) is 18.6 Å². The van der Waals surface area contributed by atoms with Crippen molar-refractivity contribution >= 4 is 11.7 Å². The molecule has 1 radical (unpaired) electrons. The number of amides is 1. The maximum absolute atomic E-state index is 10.3. The Hall–Kier alpha value is -1.45. The van der Waals surface area contributed by atoms with E-state index in [1.807, 2.05) is 0 Å². The Morgan fingerprint density at radius 1 is 1.60 bits per heavy atom. The first-order valence-corrected chi connectivity index (χ1v) is 2.68. The molecule has 0 saturated carbocycles. The van der Waals surface area contributed by atoms with Crippen molar-refractivity contribution in [2.75, 3.05) is 5.32 Å². The first kappa shape index (κ1) is 6.67. The predicted molar refractivity (Wildman–Crippen MR) is 36.0 cm³/mol. The second-order valence-corrected chi connectivity index (χ2v) is 1.64. The Balaban J connectivity index is 2.67. The Morgan fingerprint density at radius 3 is 2.90 bits per heavy atom. The molecule has 1 heterocycles. The molecular weight excluding hydrogens is 130 g/mol. The lowest BCUT2D eigenvalue weighted by atomic mass is 10.6. The van der Waals surface area contributed by atoms with E-state index in [0.717, 1.165) is 0 Å². The van der Waals surface area contributed by atoms with Crippen LogP contribution in [-0.4, -0.2) is 15.9 Å². The molecule has 0 fully saturated rings. The monoisotopic (exact) mass is 136 g/mol. The van der Waals surface area contributed by atoms with E-state index in [1.165, 1.54) is 18.6 Å². The van der Waals surface area contributed by atoms with Crippen LogP contribution in [0.3, 0.4) is 0 Å². The third-order valence-corrected chi connectivity index (χ3v) is 0.831. The van der Waals surface area contributed by atoms with Gasteiger partial charge in [-0.15, -0.1) is 0 Å². The van der Waals surface area contributed by atoms with Crippen LogP contribution in [0.4, 0.5) is 5.82 Å². The zero-order valence-corrected chi connectivity index (χ0v) is 5.24. The molecule has 0 spiro atoms. The maximum Gasteiger partial charge on any atom is 0.226 e. The van der Waals surface area contributed by atoms with Crippen molar-refractivity contribution in [2.24, 2.45) is 0 Å². The lowest BCUT2D eigenvalue weighted by Gasteiger charge is -1.96. The quantitative estimate of drug-likeness (QED) is 0.602. The van der Waals surface area contributed by atoms with Crippen LogP contribution in [0.2, 0.25) is 0 Å². The standard InChI is InChI=1S/C6H6N3O/c1-5(10)9-6-4-7-2-3-8-6/h2-4H,1H2,(H,8,9,10). The highest BCUT2D eigenvalue weighted by Crippen LogP contribution is 1.94. The lowest BCUT2D eigenvalue weighted by Crippen LogP contribution is -2.07. The predicted octanol–water partition coefficient (Wildman–Crippen LogP) is 0.249. The minimum Gasteiger partial charge on any atom is -0.309 e. The average Bonchev–Trinajstić information content (AvgIpc) is 1.88. The number of rotatable bonds is 1. The summed E-state index contributed by atoms with van der Waals surface area (Å²) in [6.45, 7) is 3.12. The second-order valence-electron chi connectivity index (χ2n) is 1.64. The fourth-order valence-corrected chi connectivity index (χ4v) is 0.506. The van der Waals surface area contributed by atoms with Crippen LogP contribution in [0.25, 0.3) is 0 Å². The van der Waals surface area contributed by atoms with Gasteiger partial charge in [-0.2, -0.15) is 0 Å². The molecule has 0 unspecified atom stereocenters. The second kappa shape index (κ2) is 2.91. The first-order chi connectivity index (χ1) is 4.79. The third-order valence-electron chi connectivity index (χ3n) is 0.831. The van der Waals surface area contributed by atoms with Crippen LogP contribution in [0.1, 0.15) is 0 Å². The van der Waals surface area contributed by atoms with Crippen molar-refractivity contribution in [3.63, 3.8) is 0 Å². The summed E-state index contributed by atoms with van der Waals surface area (Å²) < 4.78 is 0. The zero-order valence-electron chi connectivity index (χ0n) is 5.24. The first-order valence-electron chi connectivity index (χ1n) is 2.68. The van der Waals surface area contributed by atoms with Gasteiger partial charge in [0.25, 0.3) is 0 Å². The van der Waals surface area contributed by atoms with E-state index < -0.39 is 0 Å². The molecule has 0 aliphatic carbocycles. The van der Waals surface area contributed by atoms with Crippen molar-refractivity contribution < 1.29 is 4.79 Å². The molecule has 1 aromatic heterocycles. The molecule has 0 aromatic carbocycles. The minimum atomic E-state index is -0.388. The number of carbonyl (C=O) groups is 1. The van der Waals surface area contributed by atoms with Crippen LogP contribution in [-0.2, 0) is 4.79 Å². The molecule has 1 amide bonds. The number of hydrogen-bond acceptors (Lipinski definition) is 3. The Labute approximate surface area is 58.3 Å². The Morgan fingerprint density at radius 2 is 2.40 bits per heavy atom. The van der Waals surface area contributed by atoms with E-state index >= 15 is 0 Å². The number of hydrogen-bond donors (Lipinski definition) is 1. The summed E-state index contributed by atoms with van der Waals surface area (Å²) in [4.78, 5) is 17.8. The van der Waals surface area contributed by atoms with Gasteiger partial charge >= 0.3 is 0 Å². The van der Waals surface area contributed by atoms with Crippen molar-refractivity contribution in [3.8, 4) is 0 Å². The van der Waals surface area contributed by atoms with Gasteiger partial charge in [0.2, 0.25) is 5.91 Å². The SMILES string of the molecule is [CH2]C(=O)Nc1cnccn1. The van der Waals surface area contributed by atoms with E-state index in [-0.39, 0.29) is 5.91 Å². The molecule has 4 nitrogen and oxygen atoms in total. The number of carbonyl (C=O) groups excluding carboxylic acids is 1. The molecular formula is C6H6N3O. The van der Waals surface area contributed by atoms with Crippen molar-refractivity contribution in [3.05, 3.63) is 25.5 Å². The number of nitrogens with one attached hydrogen (secondary N) is 1. The molecule has 1 rings (SSSR count). The maximum atomic E-state index is 10.3. The minimum absolute atomic E-state index is 0.388. The highest BCUT2D eigenvalue weighted by atomic mass is 16.1. The van der Waals surface area contributed by atoms with Crippen LogP contribution < -0.4 is 5.32 Å². The molecule has 10 heavy (non-hydrogen) atoms. The zero-order chi connectivity index (χ0) is 7.40. The van der Waals surface area contributed by atoms with Crippen LogP contribution in [0.5, 0.6) is 0 Å². The smallest absolute Gasteiger partial charge is 0.226 e. The summed E-state index contributed by atoms with van der Waals surface area (Å²) in [7, 11) is 0. The summed E-state index contributed by atoms with van der Waals surface area (Å²) in [6.07, 6.45) is 4.47.